The Hall–Kier alpha value is -0.795. The largest absolute Gasteiger partial charge is 0.257 e. The lowest BCUT2D eigenvalue weighted by Crippen LogP contribution is -2.23. The highest BCUT2D eigenvalue weighted by Gasteiger charge is 2.12. The molecular formula is C8H16BN3. The van der Waals surface area contributed by atoms with Crippen LogP contribution in [0.4, 0.5) is 0 Å². The van der Waals surface area contributed by atoms with Gasteiger partial charge in [-0.25, -0.2) is 0 Å². The van der Waals surface area contributed by atoms with E-state index in [1.54, 1.807) is 0 Å². The fraction of sp³-hybridized carbons (Fsp3) is 0.750. The minimum atomic E-state index is 0.407. The second kappa shape index (κ2) is 3.29. The lowest BCUT2D eigenvalue weighted by Gasteiger charge is -2.07. The van der Waals surface area contributed by atoms with Crippen molar-refractivity contribution in [2.24, 2.45) is 0 Å². The smallest absolute Gasteiger partial charge is 0.166 e. The Morgan fingerprint density at radius 1 is 1.25 bits per heavy atom. The first-order chi connectivity index (χ1) is 5.54. The summed E-state index contributed by atoms with van der Waals surface area (Å²) >= 11 is 0. The Morgan fingerprint density at radius 3 is 2.08 bits per heavy atom. The van der Waals surface area contributed by atoms with Gasteiger partial charge in [0.25, 0.3) is 0 Å². The van der Waals surface area contributed by atoms with Crippen molar-refractivity contribution in [3.05, 3.63) is 5.69 Å². The van der Waals surface area contributed by atoms with Crippen LogP contribution in [0.3, 0.4) is 0 Å². The molecule has 0 radical (unpaired) electrons. The Balaban J connectivity index is 3.04. The van der Waals surface area contributed by atoms with Crippen molar-refractivity contribution in [1.29, 1.82) is 0 Å². The van der Waals surface area contributed by atoms with Crippen LogP contribution in [0.2, 0.25) is 0 Å². The Bertz CT molecular complexity index is 240. The predicted octanol–water partition coefficient (Wildman–Crippen LogP) is 0.241. The molecule has 12 heavy (non-hydrogen) atoms. The van der Waals surface area contributed by atoms with Crippen molar-refractivity contribution >= 4 is 13.4 Å². The molecule has 0 unspecified atom stereocenters. The molecule has 0 aliphatic rings. The van der Waals surface area contributed by atoms with Crippen LogP contribution in [-0.4, -0.2) is 22.8 Å². The Labute approximate surface area is 74.6 Å². The monoisotopic (exact) mass is 165 g/mol. The van der Waals surface area contributed by atoms with Gasteiger partial charge < -0.3 is 0 Å². The van der Waals surface area contributed by atoms with Crippen LogP contribution in [0.15, 0.2) is 0 Å². The molecule has 1 aromatic heterocycles. The van der Waals surface area contributed by atoms with Crippen molar-refractivity contribution < 1.29 is 0 Å². The van der Waals surface area contributed by atoms with Gasteiger partial charge in [-0.05, 0) is 19.8 Å². The third-order valence-corrected chi connectivity index (χ3v) is 2.00. The average molecular weight is 165 g/mol. The summed E-state index contributed by atoms with van der Waals surface area (Å²) in [6, 6.07) is 0.407. The average Bonchev–Trinajstić information content (AvgIpc) is 2.30. The van der Waals surface area contributed by atoms with Crippen molar-refractivity contribution in [2.75, 3.05) is 0 Å². The van der Waals surface area contributed by atoms with E-state index >= 15 is 0 Å². The highest BCUT2D eigenvalue weighted by molar-refractivity contribution is 6.31. The maximum atomic E-state index is 4.15. The summed E-state index contributed by atoms with van der Waals surface area (Å²) in [5.74, 6) is 0.470. The molecule has 0 saturated heterocycles. The predicted molar refractivity (Wildman–Crippen MR) is 52.7 cm³/mol. The minimum absolute atomic E-state index is 0.407. The van der Waals surface area contributed by atoms with Crippen LogP contribution in [0.5, 0.6) is 0 Å². The van der Waals surface area contributed by atoms with E-state index in [0.29, 0.717) is 12.0 Å². The molecule has 3 nitrogen and oxygen atoms in total. The molecule has 1 heterocycles. The van der Waals surface area contributed by atoms with Crippen LogP contribution < -0.4 is 5.59 Å². The van der Waals surface area contributed by atoms with Crippen molar-refractivity contribution in [1.82, 2.24) is 15.0 Å². The summed E-state index contributed by atoms with van der Waals surface area (Å²) in [4.78, 5) is 0. The molecule has 0 aromatic carbocycles. The van der Waals surface area contributed by atoms with E-state index in [1.165, 1.54) is 5.59 Å². The summed E-state index contributed by atoms with van der Waals surface area (Å²) in [5, 5.41) is 8.25. The molecule has 1 rings (SSSR count). The summed E-state index contributed by atoms with van der Waals surface area (Å²) in [6.07, 6.45) is 0. The third-order valence-electron chi connectivity index (χ3n) is 2.00. The standard InChI is InChI=1S/C8H16BN3/c1-5(2)7-8(9)12(6(3)4)11-10-7/h5-6H,9H2,1-4H3. The fourth-order valence-electron chi connectivity index (χ4n) is 1.38. The van der Waals surface area contributed by atoms with Gasteiger partial charge in [-0.1, -0.05) is 19.1 Å². The number of aromatic nitrogens is 3. The van der Waals surface area contributed by atoms with Gasteiger partial charge in [0.1, 0.15) is 0 Å². The molecular weight excluding hydrogens is 149 g/mol. The number of rotatable bonds is 2. The topological polar surface area (TPSA) is 30.7 Å². The van der Waals surface area contributed by atoms with Gasteiger partial charge in [0, 0.05) is 11.6 Å². The van der Waals surface area contributed by atoms with Gasteiger partial charge in [0.05, 0.1) is 5.69 Å². The molecule has 1 aromatic rings. The Morgan fingerprint density at radius 2 is 1.83 bits per heavy atom. The minimum Gasteiger partial charge on any atom is -0.257 e. The van der Waals surface area contributed by atoms with E-state index in [1.807, 2.05) is 4.68 Å². The quantitative estimate of drug-likeness (QED) is 0.587. The van der Waals surface area contributed by atoms with E-state index < -0.39 is 0 Å². The van der Waals surface area contributed by atoms with Crippen LogP contribution in [0, 0.1) is 0 Å². The van der Waals surface area contributed by atoms with E-state index in [-0.39, 0.29) is 0 Å². The van der Waals surface area contributed by atoms with Gasteiger partial charge in [-0.15, -0.1) is 5.10 Å². The van der Waals surface area contributed by atoms with Gasteiger partial charge >= 0.3 is 0 Å². The molecule has 4 heteroatoms. The second-order valence-electron chi connectivity index (χ2n) is 3.75. The van der Waals surface area contributed by atoms with E-state index in [9.17, 15) is 0 Å². The number of nitrogens with zero attached hydrogens (tertiary/aromatic N) is 3. The first kappa shape index (κ1) is 9.29. The molecule has 0 amide bonds. The summed E-state index contributed by atoms with van der Waals surface area (Å²) in [7, 11) is 2.08. The molecule has 0 saturated carbocycles. The molecule has 0 fully saturated rings. The van der Waals surface area contributed by atoms with Crippen molar-refractivity contribution in [3.8, 4) is 0 Å². The SMILES string of the molecule is Bc1c(C(C)C)nnn1C(C)C. The van der Waals surface area contributed by atoms with Crippen LogP contribution in [-0.2, 0) is 0 Å². The van der Waals surface area contributed by atoms with E-state index in [0.717, 1.165) is 5.69 Å². The Kier molecular flexibility index (Phi) is 2.55. The van der Waals surface area contributed by atoms with Gasteiger partial charge in [0.15, 0.2) is 7.85 Å². The van der Waals surface area contributed by atoms with Gasteiger partial charge in [0.2, 0.25) is 0 Å². The molecule has 0 aliphatic carbocycles. The molecule has 0 spiro atoms. The molecule has 0 N–H and O–H groups in total. The lowest BCUT2D eigenvalue weighted by molar-refractivity contribution is 0.525. The zero-order chi connectivity index (χ0) is 9.30. The van der Waals surface area contributed by atoms with E-state index in [2.05, 4.69) is 45.9 Å². The zero-order valence-corrected chi connectivity index (χ0v) is 8.50. The van der Waals surface area contributed by atoms with Crippen LogP contribution in [0.25, 0.3) is 0 Å². The highest BCUT2D eigenvalue weighted by atomic mass is 15.4. The fourth-order valence-corrected chi connectivity index (χ4v) is 1.38. The lowest BCUT2D eigenvalue weighted by atomic mass is 9.95. The first-order valence-corrected chi connectivity index (χ1v) is 4.45. The number of hydrogen-bond acceptors (Lipinski definition) is 2. The van der Waals surface area contributed by atoms with E-state index in [4.69, 9.17) is 0 Å². The highest BCUT2D eigenvalue weighted by Crippen LogP contribution is 2.08. The second-order valence-corrected chi connectivity index (χ2v) is 3.75. The molecule has 0 atom stereocenters. The zero-order valence-electron chi connectivity index (χ0n) is 8.50. The van der Waals surface area contributed by atoms with Crippen LogP contribution in [0.1, 0.15) is 45.3 Å². The molecule has 0 bridgehead atoms. The summed E-state index contributed by atoms with van der Waals surface area (Å²) < 4.78 is 1.97. The molecule has 0 aliphatic heterocycles. The van der Waals surface area contributed by atoms with Crippen molar-refractivity contribution in [2.45, 2.75) is 39.7 Å². The number of hydrogen-bond donors (Lipinski definition) is 0. The normalized spacial score (nSPS) is 11.5. The molecule has 66 valence electrons. The first-order valence-electron chi connectivity index (χ1n) is 4.45. The summed E-state index contributed by atoms with van der Waals surface area (Å²) in [5.41, 5.74) is 2.31. The van der Waals surface area contributed by atoms with Crippen LogP contribution >= 0.6 is 0 Å². The maximum Gasteiger partial charge on any atom is 0.166 e. The van der Waals surface area contributed by atoms with Crippen molar-refractivity contribution in [3.63, 3.8) is 0 Å². The maximum absolute atomic E-state index is 4.15. The van der Waals surface area contributed by atoms with Gasteiger partial charge in [-0.2, -0.15) is 0 Å². The third kappa shape index (κ3) is 1.52. The summed E-state index contributed by atoms with van der Waals surface area (Å²) in [6.45, 7) is 8.51. The van der Waals surface area contributed by atoms with Gasteiger partial charge in [-0.3, -0.25) is 4.68 Å².